The second-order valence-electron chi connectivity index (χ2n) is 8.12. The average molecular weight is 499 g/mol. The van der Waals surface area contributed by atoms with E-state index in [9.17, 15) is 4.79 Å². The van der Waals surface area contributed by atoms with E-state index in [4.69, 9.17) is 20.1 Å². The molecule has 35 heavy (non-hydrogen) atoms. The van der Waals surface area contributed by atoms with Crippen LogP contribution in [-0.2, 0) is 11.3 Å². The maximum atomic E-state index is 13.7. The molecule has 1 amide bonds. The van der Waals surface area contributed by atoms with Gasteiger partial charge in [0.15, 0.2) is 17.3 Å². The molecule has 12 heteroatoms. The Balaban J connectivity index is 0.00000289. The van der Waals surface area contributed by atoms with Crippen molar-refractivity contribution in [1.82, 2.24) is 35.1 Å². The number of piperazine rings is 1. The van der Waals surface area contributed by atoms with Crippen LogP contribution in [0.2, 0.25) is 0 Å². The Morgan fingerprint density at radius 3 is 2.74 bits per heavy atom. The molecule has 1 atom stereocenters. The van der Waals surface area contributed by atoms with Crippen LogP contribution >= 0.6 is 12.4 Å². The molecular formula is C23H27ClN8O3. The first-order valence-electron chi connectivity index (χ1n) is 11.2. The predicted octanol–water partition coefficient (Wildman–Crippen LogP) is 2.23. The van der Waals surface area contributed by atoms with E-state index in [1.165, 1.54) is 0 Å². The number of hydrogen-bond acceptors (Lipinski definition) is 9. The van der Waals surface area contributed by atoms with E-state index in [1.807, 2.05) is 46.7 Å². The van der Waals surface area contributed by atoms with E-state index in [0.29, 0.717) is 66.6 Å². The molecule has 1 fully saturated rings. The molecule has 0 bridgehead atoms. The minimum absolute atomic E-state index is 0. The van der Waals surface area contributed by atoms with Gasteiger partial charge in [-0.3, -0.25) is 9.78 Å². The van der Waals surface area contributed by atoms with Gasteiger partial charge in [-0.25, -0.2) is 9.61 Å². The number of methoxy groups -OCH3 is 1. The number of amides is 1. The maximum absolute atomic E-state index is 13.7. The highest BCUT2D eigenvalue weighted by Crippen LogP contribution is 2.34. The van der Waals surface area contributed by atoms with Crippen LogP contribution in [0, 0.1) is 0 Å². The van der Waals surface area contributed by atoms with Gasteiger partial charge in [-0.1, -0.05) is 30.3 Å². The van der Waals surface area contributed by atoms with E-state index >= 15 is 0 Å². The summed E-state index contributed by atoms with van der Waals surface area (Å²) in [4.78, 5) is 25.1. The monoisotopic (exact) mass is 498 g/mol. The lowest BCUT2D eigenvalue weighted by Crippen LogP contribution is -2.54. The SMILES string of the molecule is CCn1c(-c2nonc2N)nc2c(-c3ccccc3)ncc(C(=O)N3CCNC(COC)C3)c21.Cl. The van der Waals surface area contributed by atoms with Crippen LogP contribution in [-0.4, -0.2) is 75.0 Å². The minimum Gasteiger partial charge on any atom is -0.383 e. The Kier molecular flexibility index (Phi) is 7.29. The summed E-state index contributed by atoms with van der Waals surface area (Å²) < 4.78 is 12.0. The third-order valence-electron chi connectivity index (χ3n) is 6.00. The predicted molar refractivity (Wildman–Crippen MR) is 133 cm³/mol. The lowest BCUT2D eigenvalue weighted by atomic mass is 10.1. The van der Waals surface area contributed by atoms with Gasteiger partial charge in [0.1, 0.15) is 5.52 Å². The first-order chi connectivity index (χ1) is 16.6. The lowest BCUT2D eigenvalue weighted by molar-refractivity contribution is 0.0643. The summed E-state index contributed by atoms with van der Waals surface area (Å²) in [6.07, 6.45) is 1.64. The first kappa shape index (κ1) is 24.6. The molecule has 1 aliphatic heterocycles. The Morgan fingerprint density at radius 1 is 1.26 bits per heavy atom. The number of rotatable bonds is 6. The van der Waals surface area contributed by atoms with Gasteiger partial charge >= 0.3 is 0 Å². The van der Waals surface area contributed by atoms with Crippen molar-refractivity contribution in [3.05, 3.63) is 42.1 Å². The molecule has 11 nitrogen and oxygen atoms in total. The van der Waals surface area contributed by atoms with Crippen molar-refractivity contribution in [2.45, 2.75) is 19.5 Å². The fourth-order valence-electron chi connectivity index (χ4n) is 4.44. The molecule has 0 aliphatic carbocycles. The smallest absolute Gasteiger partial charge is 0.257 e. The van der Waals surface area contributed by atoms with E-state index in [-0.39, 0.29) is 30.2 Å². The van der Waals surface area contributed by atoms with E-state index < -0.39 is 0 Å². The highest BCUT2D eigenvalue weighted by Gasteiger charge is 2.29. The normalized spacial score (nSPS) is 15.8. The second kappa shape index (κ2) is 10.4. The summed E-state index contributed by atoms with van der Waals surface area (Å²) in [5.41, 5.74) is 9.65. The Labute approximate surface area is 208 Å². The second-order valence-corrected chi connectivity index (χ2v) is 8.12. The van der Waals surface area contributed by atoms with Crippen LogP contribution in [0.3, 0.4) is 0 Å². The quantitative estimate of drug-likeness (QED) is 0.409. The summed E-state index contributed by atoms with van der Waals surface area (Å²) in [5, 5.41) is 11.0. The zero-order valence-corrected chi connectivity index (χ0v) is 20.3. The van der Waals surface area contributed by atoms with Gasteiger partial charge in [-0.2, -0.15) is 0 Å². The van der Waals surface area contributed by atoms with Crippen LogP contribution in [0.1, 0.15) is 17.3 Å². The van der Waals surface area contributed by atoms with Crippen LogP contribution in [0.25, 0.3) is 33.8 Å². The topological polar surface area (TPSA) is 137 Å². The molecule has 0 radical (unpaired) electrons. The van der Waals surface area contributed by atoms with Gasteiger partial charge in [0, 0.05) is 51.1 Å². The molecule has 3 aromatic heterocycles. The number of aromatic nitrogens is 5. The Bertz CT molecular complexity index is 1320. The molecule has 184 valence electrons. The summed E-state index contributed by atoms with van der Waals surface area (Å²) in [6, 6.07) is 9.82. The Morgan fingerprint density at radius 2 is 2.06 bits per heavy atom. The molecular weight excluding hydrogens is 472 g/mol. The highest BCUT2D eigenvalue weighted by atomic mass is 35.5. The molecule has 1 unspecified atom stereocenters. The average Bonchev–Trinajstić information content (AvgIpc) is 3.47. The van der Waals surface area contributed by atoms with Crippen molar-refractivity contribution >= 4 is 35.2 Å². The molecule has 5 rings (SSSR count). The third-order valence-corrected chi connectivity index (χ3v) is 6.00. The number of fused-ring (bicyclic) bond motifs is 1. The number of hydrogen-bond donors (Lipinski definition) is 2. The van der Waals surface area contributed by atoms with E-state index in [1.54, 1.807) is 13.3 Å². The number of pyridine rings is 1. The number of ether oxygens (including phenoxy) is 1. The van der Waals surface area contributed by atoms with Gasteiger partial charge < -0.3 is 25.3 Å². The zero-order valence-electron chi connectivity index (χ0n) is 19.5. The number of nitrogen functional groups attached to an aromatic ring is 1. The molecule has 1 aliphatic rings. The summed E-state index contributed by atoms with van der Waals surface area (Å²) >= 11 is 0. The number of carbonyl (C=O) groups excluding carboxylic acids is 1. The molecule has 4 heterocycles. The van der Waals surface area contributed by atoms with Gasteiger partial charge in [-0.15, -0.1) is 12.4 Å². The van der Waals surface area contributed by atoms with Crippen molar-refractivity contribution in [2.75, 3.05) is 39.1 Å². The van der Waals surface area contributed by atoms with E-state index in [0.717, 1.165) is 5.56 Å². The summed E-state index contributed by atoms with van der Waals surface area (Å²) in [6.45, 7) is 4.86. The van der Waals surface area contributed by atoms with E-state index in [2.05, 4.69) is 20.6 Å². The number of nitrogens with two attached hydrogens (primary N) is 1. The van der Waals surface area contributed by atoms with Crippen molar-refractivity contribution in [3.8, 4) is 22.8 Å². The summed E-state index contributed by atoms with van der Waals surface area (Å²) in [5.74, 6) is 0.511. The van der Waals surface area contributed by atoms with Gasteiger partial charge in [0.05, 0.1) is 23.4 Å². The lowest BCUT2D eigenvalue weighted by Gasteiger charge is -2.33. The third kappa shape index (κ3) is 4.45. The van der Waals surface area contributed by atoms with Crippen LogP contribution in [0.5, 0.6) is 0 Å². The number of anilines is 1. The molecule has 1 aromatic carbocycles. The van der Waals surface area contributed by atoms with Crippen LogP contribution in [0.4, 0.5) is 5.82 Å². The van der Waals surface area contributed by atoms with Crippen LogP contribution in [0.15, 0.2) is 41.2 Å². The van der Waals surface area contributed by atoms with Gasteiger partial charge in [-0.05, 0) is 17.2 Å². The van der Waals surface area contributed by atoms with Gasteiger partial charge in [0.25, 0.3) is 5.91 Å². The van der Waals surface area contributed by atoms with Crippen molar-refractivity contribution in [2.24, 2.45) is 0 Å². The number of nitrogens with zero attached hydrogens (tertiary/aromatic N) is 6. The van der Waals surface area contributed by atoms with Crippen molar-refractivity contribution < 1.29 is 14.2 Å². The number of carbonyl (C=O) groups is 1. The number of halogens is 1. The molecule has 3 N–H and O–H groups in total. The Hall–Kier alpha value is -3.54. The number of imidazole rings is 1. The standard InChI is InChI=1S/C23H26N8O3.ClH/c1-3-31-20-16(23(32)30-10-9-25-15(12-30)13-33-2)11-26-17(14-7-5-4-6-8-14)18(20)27-22(31)19-21(24)29-34-28-19;/h4-8,11,15,25H,3,9-10,12-13H2,1-2H3,(H2,24,29);1H. The van der Waals surface area contributed by atoms with Gasteiger partial charge in [0.2, 0.25) is 0 Å². The fraction of sp³-hybridized carbons (Fsp3) is 0.348. The van der Waals surface area contributed by atoms with Crippen molar-refractivity contribution in [1.29, 1.82) is 0 Å². The maximum Gasteiger partial charge on any atom is 0.257 e. The zero-order chi connectivity index (χ0) is 23.7. The summed E-state index contributed by atoms with van der Waals surface area (Å²) in [7, 11) is 1.66. The number of aryl methyl sites for hydroxylation is 1. The molecule has 0 spiro atoms. The number of benzene rings is 1. The van der Waals surface area contributed by atoms with Crippen LogP contribution < -0.4 is 11.1 Å². The molecule has 1 saturated heterocycles. The number of nitrogens with one attached hydrogen (secondary N) is 1. The highest BCUT2D eigenvalue weighted by molar-refractivity contribution is 6.08. The largest absolute Gasteiger partial charge is 0.383 e. The first-order valence-corrected chi connectivity index (χ1v) is 11.2. The minimum atomic E-state index is -0.105. The molecule has 0 saturated carbocycles. The molecule has 4 aromatic rings. The fourth-order valence-corrected chi connectivity index (χ4v) is 4.44. The van der Waals surface area contributed by atoms with Crippen molar-refractivity contribution in [3.63, 3.8) is 0 Å².